The maximum Gasteiger partial charge on any atom is 0.270 e. The first kappa shape index (κ1) is 14.7. The van der Waals surface area contributed by atoms with Crippen LogP contribution in [0.5, 0.6) is 0 Å². The first-order valence-electron chi connectivity index (χ1n) is 8.68. The third kappa shape index (κ3) is 2.74. The number of nitrogens with one attached hydrogen (secondary N) is 1. The lowest BCUT2D eigenvalue weighted by molar-refractivity contribution is -0.119. The van der Waals surface area contributed by atoms with Gasteiger partial charge in [0.25, 0.3) is 5.91 Å². The molecule has 0 aromatic rings. The Bertz CT molecular complexity index is 619. The second kappa shape index (κ2) is 5.96. The molecule has 0 radical (unpaired) electrons. The summed E-state index contributed by atoms with van der Waals surface area (Å²) in [6.07, 6.45) is 14.4. The van der Waals surface area contributed by atoms with Crippen LogP contribution >= 0.6 is 0 Å². The molecule has 5 nitrogen and oxygen atoms in total. The van der Waals surface area contributed by atoms with E-state index in [-0.39, 0.29) is 13.4 Å². The van der Waals surface area contributed by atoms with Gasteiger partial charge in [-0.15, -0.1) is 0 Å². The predicted octanol–water partition coefficient (Wildman–Crippen LogP) is 2.25. The van der Waals surface area contributed by atoms with Crippen LogP contribution in [-0.2, 0) is 4.79 Å². The minimum Gasteiger partial charge on any atom is -0.346 e. The first-order valence-corrected chi connectivity index (χ1v) is 8.68. The third-order valence-electron chi connectivity index (χ3n) is 5.57. The Morgan fingerprint density at radius 3 is 3.22 bits per heavy atom. The Labute approximate surface area is 138 Å². The highest BCUT2D eigenvalue weighted by molar-refractivity contribution is 5.96. The van der Waals surface area contributed by atoms with Gasteiger partial charge in [-0.2, -0.15) is 0 Å². The van der Waals surface area contributed by atoms with Crippen molar-refractivity contribution in [3.63, 3.8) is 0 Å². The molecule has 1 amide bonds. The number of carbonyl (C=O) groups is 1. The number of nitrogens with zero attached hydrogens (tertiary/aromatic N) is 3. The summed E-state index contributed by atoms with van der Waals surface area (Å²) in [6.45, 7) is 4.59. The summed E-state index contributed by atoms with van der Waals surface area (Å²) in [6, 6.07) is 0.662. The van der Waals surface area contributed by atoms with Crippen molar-refractivity contribution in [2.75, 3.05) is 13.1 Å². The van der Waals surface area contributed by atoms with E-state index in [2.05, 4.69) is 34.3 Å². The van der Waals surface area contributed by atoms with Crippen LogP contribution in [0, 0.1) is 5.92 Å². The van der Waals surface area contributed by atoms with Crippen molar-refractivity contribution in [2.45, 2.75) is 44.7 Å². The normalized spacial score (nSPS) is 35.3. The molecule has 2 bridgehead atoms. The Morgan fingerprint density at radius 2 is 2.30 bits per heavy atom. The number of rotatable bonds is 2. The molecule has 23 heavy (non-hydrogen) atoms. The van der Waals surface area contributed by atoms with Crippen LogP contribution in [0.15, 0.2) is 40.8 Å². The number of hydrogen-bond acceptors (Lipinski definition) is 4. The lowest BCUT2D eigenvalue weighted by Gasteiger charge is -2.41. The van der Waals surface area contributed by atoms with Crippen LogP contribution < -0.4 is 5.32 Å². The zero-order chi connectivity index (χ0) is 15.8. The molecule has 3 saturated heterocycles. The van der Waals surface area contributed by atoms with Gasteiger partial charge in [0.05, 0.1) is 6.34 Å². The highest BCUT2D eigenvalue weighted by Gasteiger charge is 2.38. The van der Waals surface area contributed by atoms with E-state index in [1.54, 1.807) is 6.34 Å². The number of allylic oxidation sites excluding steroid dienone is 3. The summed E-state index contributed by atoms with van der Waals surface area (Å²) in [5, 5.41) is 3.28. The average Bonchev–Trinajstić information content (AvgIpc) is 2.90. The monoisotopic (exact) mass is 314 g/mol. The van der Waals surface area contributed by atoms with Crippen molar-refractivity contribution in [1.29, 1.82) is 0 Å². The molecule has 5 rings (SSSR count). The standard InChI is InChI=1S/C18H24N4O.H2/c1-13-17(14-5-4-9-21(13)10-7-14)20-18(23)16-11-15-6-2-3-8-22(15)12-19-16;/h3,6,8,11-14,17H,2,4-5,7,9-10H2,1H3,(H,20,23);1H/t13-,14?,17-;/m0./s1. The number of aliphatic imine (C=N–C) groups is 1. The fraction of sp³-hybridized carbons (Fsp3) is 0.556. The highest BCUT2D eigenvalue weighted by Crippen LogP contribution is 2.31. The second-order valence-electron chi connectivity index (χ2n) is 6.90. The summed E-state index contributed by atoms with van der Waals surface area (Å²) in [5.74, 6) is 0.566. The highest BCUT2D eigenvalue weighted by atomic mass is 16.2. The molecule has 0 saturated carbocycles. The Balaban J connectivity index is 0.00000169. The SMILES string of the molecule is C[C@H]1[C@H](NC(=O)C2=CC3=CCC=CN3C=N2)C2CCCN1CC2.[HH]. The lowest BCUT2D eigenvalue weighted by Crippen LogP contribution is -2.56. The van der Waals surface area contributed by atoms with E-state index in [1.807, 2.05) is 17.2 Å². The smallest absolute Gasteiger partial charge is 0.270 e. The molecular weight excluding hydrogens is 288 g/mol. The van der Waals surface area contributed by atoms with E-state index in [1.165, 1.54) is 32.4 Å². The summed E-state index contributed by atoms with van der Waals surface area (Å²) >= 11 is 0. The first-order chi connectivity index (χ1) is 11.2. The van der Waals surface area contributed by atoms with E-state index in [9.17, 15) is 4.79 Å². The number of piperidine rings is 1. The summed E-state index contributed by atoms with van der Waals surface area (Å²) in [5.41, 5.74) is 1.55. The molecule has 0 aliphatic carbocycles. The fourth-order valence-corrected chi connectivity index (χ4v) is 4.21. The van der Waals surface area contributed by atoms with E-state index in [0.29, 0.717) is 17.7 Å². The van der Waals surface area contributed by atoms with Crippen LogP contribution in [0.1, 0.15) is 34.0 Å². The molecule has 0 spiro atoms. The van der Waals surface area contributed by atoms with E-state index in [4.69, 9.17) is 0 Å². The van der Waals surface area contributed by atoms with Gasteiger partial charge in [0.2, 0.25) is 0 Å². The number of amides is 1. The maximum atomic E-state index is 12.7. The van der Waals surface area contributed by atoms with Gasteiger partial charge in [0.1, 0.15) is 5.70 Å². The molecule has 5 heterocycles. The van der Waals surface area contributed by atoms with Crippen molar-refractivity contribution in [2.24, 2.45) is 10.9 Å². The molecule has 3 fully saturated rings. The zero-order valence-corrected chi connectivity index (χ0v) is 13.6. The average molecular weight is 314 g/mol. The summed E-state index contributed by atoms with van der Waals surface area (Å²) in [4.78, 5) is 21.5. The molecule has 2 unspecified atom stereocenters. The van der Waals surface area contributed by atoms with Gasteiger partial charge in [0.15, 0.2) is 0 Å². The largest absolute Gasteiger partial charge is 0.346 e. The molecule has 5 heteroatoms. The topological polar surface area (TPSA) is 47.9 Å². The van der Waals surface area contributed by atoms with Crippen molar-refractivity contribution in [1.82, 2.24) is 15.1 Å². The molecule has 0 aromatic carbocycles. The lowest BCUT2D eigenvalue weighted by atomic mass is 9.85. The van der Waals surface area contributed by atoms with Crippen molar-refractivity contribution >= 4 is 12.2 Å². The van der Waals surface area contributed by atoms with E-state index >= 15 is 0 Å². The van der Waals surface area contributed by atoms with Crippen LogP contribution in [0.2, 0.25) is 0 Å². The molecule has 1 N–H and O–H groups in total. The molecular formula is C18H26N4O. The third-order valence-corrected chi connectivity index (χ3v) is 5.57. The quantitative estimate of drug-likeness (QED) is 0.850. The van der Waals surface area contributed by atoms with Crippen molar-refractivity contribution in [3.05, 3.63) is 35.8 Å². The van der Waals surface area contributed by atoms with E-state index in [0.717, 1.165) is 12.1 Å². The Morgan fingerprint density at radius 1 is 1.39 bits per heavy atom. The van der Waals surface area contributed by atoms with Crippen molar-refractivity contribution < 1.29 is 6.22 Å². The van der Waals surface area contributed by atoms with Gasteiger partial charge < -0.3 is 10.2 Å². The van der Waals surface area contributed by atoms with Gasteiger partial charge in [0, 0.05) is 25.4 Å². The van der Waals surface area contributed by atoms with Crippen molar-refractivity contribution in [3.8, 4) is 0 Å². The zero-order valence-electron chi connectivity index (χ0n) is 13.6. The van der Waals surface area contributed by atoms with Gasteiger partial charge >= 0.3 is 0 Å². The summed E-state index contributed by atoms with van der Waals surface area (Å²) in [7, 11) is 0. The minimum absolute atomic E-state index is 0. The molecule has 4 atom stereocenters. The summed E-state index contributed by atoms with van der Waals surface area (Å²) < 4.78 is 0. The maximum absolute atomic E-state index is 12.7. The molecule has 124 valence electrons. The van der Waals surface area contributed by atoms with Crippen LogP contribution in [0.3, 0.4) is 0 Å². The predicted molar refractivity (Wildman–Crippen MR) is 92.7 cm³/mol. The van der Waals surface area contributed by atoms with E-state index < -0.39 is 0 Å². The second-order valence-corrected chi connectivity index (χ2v) is 6.90. The molecule has 5 aliphatic rings. The molecule has 0 aromatic heterocycles. The van der Waals surface area contributed by atoms with Gasteiger partial charge in [-0.1, -0.05) is 12.2 Å². The van der Waals surface area contributed by atoms with Gasteiger partial charge in [-0.25, -0.2) is 4.99 Å². The number of hydrogen-bond donors (Lipinski definition) is 1. The Hall–Kier alpha value is -1.88. The van der Waals surface area contributed by atoms with Gasteiger partial charge in [-0.05, 0) is 57.7 Å². The van der Waals surface area contributed by atoms with Crippen LogP contribution in [-0.4, -0.2) is 47.2 Å². The fourth-order valence-electron chi connectivity index (χ4n) is 4.21. The Kier molecular flexibility index (Phi) is 3.81. The molecule has 5 aliphatic heterocycles. The number of fused-ring (bicyclic) bond motifs is 5. The van der Waals surface area contributed by atoms with Crippen LogP contribution in [0.25, 0.3) is 0 Å². The van der Waals surface area contributed by atoms with Crippen LogP contribution in [0.4, 0.5) is 0 Å². The minimum atomic E-state index is -0.0399. The van der Waals surface area contributed by atoms with Gasteiger partial charge in [-0.3, -0.25) is 9.69 Å². The number of carbonyl (C=O) groups excluding carboxylic acids is 1.